The summed E-state index contributed by atoms with van der Waals surface area (Å²) < 4.78 is 113. The molecule has 0 bridgehead atoms. The Morgan fingerprint density at radius 3 is 1.74 bits per heavy atom. The molecular weight excluding hydrogens is 480 g/mol. The molecule has 35 heavy (non-hydrogen) atoms. The van der Waals surface area contributed by atoms with Crippen molar-refractivity contribution in [1.29, 1.82) is 0 Å². The third kappa shape index (κ3) is 6.74. The number of benzene rings is 3. The van der Waals surface area contributed by atoms with E-state index in [-0.39, 0.29) is 24.2 Å². The van der Waals surface area contributed by atoms with Crippen LogP contribution in [-0.4, -0.2) is 0 Å². The van der Waals surface area contributed by atoms with E-state index in [1.165, 1.54) is 30.3 Å². The molecule has 0 saturated carbocycles. The van der Waals surface area contributed by atoms with E-state index >= 15 is 0 Å². The fraction of sp³-hybridized carbons (Fsp3) is 0.308. The lowest BCUT2D eigenvalue weighted by atomic mass is 10.0. The molecule has 9 heteroatoms. The summed E-state index contributed by atoms with van der Waals surface area (Å²) >= 11 is 0. The van der Waals surface area contributed by atoms with Crippen molar-refractivity contribution in [3.63, 3.8) is 0 Å². The number of alkyl halides is 5. The van der Waals surface area contributed by atoms with Crippen LogP contribution in [-0.2, 0) is 31.5 Å². The minimum absolute atomic E-state index is 0.0118. The summed E-state index contributed by atoms with van der Waals surface area (Å²) in [7, 11) is 0. The molecule has 3 rings (SSSR count). The van der Waals surface area contributed by atoms with Crippen molar-refractivity contribution < 1.29 is 39.9 Å². The predicted molar refractivity (Wildman–Crippen MR) is 115 cm³/mol. The Labute approximate surface area is 197 Å². The molecule has 0 aliphatic carbocycles. The van der Waals surface area contributed by atoms with Crippen molar-refractivity contribution in [3.05, 3.63) is 99.9 Å². The molecule has 0 spiro atoms. The van der Waals surface area contributed by atoms with Crippen LogP contribution in [0.15, 0.2) is 54.6 Å². The predicted octanol–water partition coefficient (Wildman–Crippen LogP) is 8.38. The fourth-order valence-electron chi connectivity index (χ4n) is 3.59. The van der Waals surface area contributed by atoms with Gasteiger partial charge in [0.25, 0.3) is 0 Å². The first-order chi connectivity index (χ1) is 16.4. The molecule has 0 heterocycles. The summed E-state index contributed by atoms with van der Waals surface area (Å²) in [6.45, 7) is 1.96. The molecule has 0 aliphatic heterocycles. The van der Waals surface area contributed by atoms with E-state index in [1.54, 1.807) is 0 Å². The SMILES string of the molecule is CCCCc1ccc(C(F)(F)Oc2ccc(CCc3cc(F)c(C(F)(F)F)c(F)c3)cc2)c(F)c1. The molecule has 0 amide bonds. The number of halogens is 8. The maximum Gasteiger partial charge on any atom is 0.429 e. The minimum Gasteiger partial charge on any atom is -0.429 e. The molecule has 3 aromatic rings. The number of aryl methyl sites for hydroxylation is 3. The van der Waals surface area contributed by atoms with Crippen LogP contribution < -0.4 is 4.74 Å². The van der Waals surface area contributed by atoms with E-state index < -0.39 is 40.9 Å². The molecule has 0 saturated heterocycles. The van der Waals surface area contributed by atoms with E-state index in [0.717, 1.165) is 25.0 Å². The van der Waals surface area contributed by atoms with Crippen LogP contribution in [0, 0.1) is 17.5 Å². The molecule has 3 aromatic carbocycles. The van der Waals surface area contributed by atoms with Crippen LogP contribution in [0.2, 0.25) is 0 Å². The lowest BCUT2D eigenvalue weighted by Gasteiger charge is -2.19. The maximum absolute atomic E-state index is 14.5. The standard InChI is InChI=1S/C26H22F8O/c1-2-3-4-17-9-12-20(21(27)13-17)26(33,34)35-19-10-7-16(8-11-19)5-6-18-14-22(28)24(23(29)15-18)25(30,31)32/h7-15H,2-6H2,1H3. The second kappa shape index (κ2) is 10.7. The van der Waals surface area contributed by atoms with Gasteiger partial charge in [-0.3, -0.25) is 0 Å². The molecule has 0 unspecified atom stereocenters. The Balaban J connectivity index is 1.65. The highest BCUT2D eigenvalue weighted by molar-refractivity contribution is 5.32. The van der Waals surface area contributed by atoms with Crippen molar-refractivity contribution in [3.8, 4) is 5.75 Å². The van der Waals surface area contributed by atoms with Gasteiger partial charge in [0.05, 0.1) is 5.56 Å². The van der Waals surface area contributed by atoms with Crippen LogP contribution >= 0.6 is 0 Å². The van der Waals surface area contributed by atoms with Gasteiger partial charge >= 0.3 is 12.3 Å². The zero-order valence-corrected chi connectivity index (χ0v) is 18.7. The molecule has 0 radical (unpaired) electrons. The quantitative estimate of drug-likeness (QED) is 0.267. The van der Waals surface area contributed by atoms with E-state index in [9.17, 15) is 35.1 Å². The first kappa shape index (κ1) is 26.5. The Morgan fingerprint density at radius 2 is 1.20 bits per heavy atom. The van der Waals surface area contributed by atoms with Crippen LogP contribution in [0.25, 0.3) is 0 Å². The van der Waals surface area contributed by atoms with Crippen molar-refractivity contribution in [2.75, 3.05) is 0 Å². The lowest BCUT2D eigenvalue weighted by molar-refractivity contribution is -0.187. The van der Waals surface area contributed by atoms with Crippen LogP contribution in [0.4, 0.5) is 35.1 Å². The topological polar surface area (TPSA) is 9.23 Å². The van der Waals surface area contributed by atoms with Gasteiger partial charge in [-0.1, -0.05) is 31.5 Å². The van der Waals surface area contributed by atoms with Gasteiger partial charge in [0.15, 0.2) is 0 Å². The molecule has 1 nitrogen and oxygen atoms in total. The van der Waals surface area contributed by atoms with E-state index in [2.05, 4.69) is 0 Å². The van der Waals surface area contributed by atoms with Gasteiger partial charge < -0.3 is 4.74 Å². The molecular formula is C26H22F8O. The van der Waals surface area contributed by atoms with Gasteiger partial charge in [0.2, 0.25) is 0 Å². The second-order valence-electron chi connectivity index (χ2n) is 8.11. The molecule has 0 aliphatic rings. The average molecular weight is 502 g/mol. The van der Waals surface area contributed by atoms with Crippen LogP contribution in [0.5, 0.6) is 5.75 Å². The number of hydrogen-bond acceptors (Lipinski definition) is 1. The molecule has 0 fully saturated rings. The second-order valence-corrected chi connectivity index (χ2v) is 8.11. The Kier molecular flexibility index (Phi) is 8.07. The normalized spacial score (nSPS) is 12.1. The highest BCUT2D eigenvalue weighted by Crippen LogP contribution is 2.35. The Bertz CT molecular complexity index is 1130. The number of hydrogen-bond donors (Lipinski definition) is 0. The van der Waals surface area contributed by atoms with E-state index in [0.29, 0.717) is 29.7 Å². The van der Waals surface area contributed by atoms with Gasteiger partial charge in [-0.05, 0) is 78.8 Å². The minimum atomic E-state index is -5.15. The Morgan fingerprint density at radius 1 is 0.657 bits per heavy atom. The highest BCUT2D eigenvalue weighted by atomic mass is 19.4. The summed E-state index contributed by atoms with van der Waals surface area (Å²) in [4.78, 5) is 0. The molecule has 0 N–H and O–H groups in total. The third-order valence-corrected chi connectivity index (χ3v) is 5.42. The molecule has 188 valence electrons. The molecule has 0 aromatic heterocycles. The number of unbranched alkanes of at least 4 members (excludes halogenated alkanes) is 1. The zero-order valence-electron chi connectivity index (χ0n) is 18.7. The third-order valence-electron chi connectivity index (χ3n) is 5.42. The lowest BCUT2D eigenvalue weighted by Crippen LogP contribution is -2.23. The monoisotopic (exact) mass is 502 g/mol. The first-order valence-corrected chi connectivity index (χ1v) is 10.9. The van der Waals surface area contributed by atoms with Crippen LogP contribution in [0.1, 0.15) is 47.6 Å². The van der Waals surface area contributed by atoms with E-state index in [1.807, 2.05) is 6.92 Å². The highest BCUT2D eigenvalue weighted by Gasteiger charge is 2.38. The fourth-order valence-corrected chi connectivity index (χ4v) is 3.59. The van der Waals surface area contributed by atoms with Gasteiger partial charge in [0.1, 0.15) is 28.8 Å². The first-order valence-electron chi connectivity index (χ1n) is 10.9. The summed E-state index contributed by atoms with van der Waals surface area (Å²) in [6.07, 6.45) is -6.62. The number of rotatable bonds is 9. The largest absolute Gasteiger partial charge is 0.429 e. The van der Waals surface area contributed by atoms with Gasteiger partial charge in [0, 0.05) is 0 Å². The van der Waals surface area contributed by atoms with E-state index in [4.69, 9.17) is 4.74 Å². The zero-order chi connectivity index (χ0) is 25.8. The molecule has 0 atom stereocenters. The van der Waals surface area contributed by atoms with Crippen molar-refractivity contribution in [2.45, 2.75) is 51.3 Å². The van der Waals surface area contributed by atoms with Crippen molar-refractivity contribution in [1.82, 2.24) is 0 Å². The van der Waals surface area contributed by atoms with Gasteiger partial charge in [-0.15, -0.1) is 0 Å². The summed E-state index contributed by atoms with van der Waals surface area (Å²) in [5, 5.41) is 0. The van der Waals surface area contributed by atoms with Gasteiger partial charge in [-0.2, -0.15) is 22.0 Å². The van der Waals surface area contributed by atoms with Gasteiger partial charge in [-0.25, -0.2) is 13.2 Å². The smallest absolute Gasteiger partial charge is 0.429 e. The van der Waals surface area contributed by atoms with Crippen molar-refractivity contribution in [2.24, 2.45) is 0 Å². The van der Waals surface area contributed by atoms with Crippen molar-refractivity contribution >= 4 is 0 Å². The summed E-state index contributed by atoms with van der Waals surface area (Å²) in [6, 6.07) is 10.0. The number of ether oxygens (including phenoxy) is 1. The van der Waals surface area contributed by atoms with Crippen LogP contribution in [0.3, 0.4) is 0 Å². The summed E-state index contributed by atoms with van der Waals surface area (Å²) in [5.74, 6) is -4.72. The average Bonchev–Trinajstić information content (AvgIpc) is 2.75. The Hall–Kier alpha value is -3.10. The maximum atomic E-state index is 14.5. The summed E-state index contributed by atoms with van der Waals surface area (Å²) in [5.41, 5.74) is -1.66.